The number of rotatable bonds is 12. The fourth-order valence-electron chi connectivity index (χ4n) is 5.61. The number of hydrogen-bond acceptors (Lipinski definition) is 7. The summed E-state index contributed by atoms with van der Waals surface area (Å²) >= 11 is 0. The molecule has 0 radical (unpaired) electrons. The maximum atomic E-state index is 14.8. The van der Waals surface area contributed by atoms with Crippen LogP contribution >= 0.6 is 0 Å². The van der Waals surface area contributed by atoms with E-state index in [9.17, 15) is 14.3 Å². The Kier molecular flexibility index (Phi) is 9.22. The first-order valence-corrected chi connectivity index (χ1v) is 13.9. The number of halogens is 1. The molecule has 9 heteroatoms. The molecule has 3 aliphatic heterocycles. The van der Waals surface area contributed by atoms with Gasteiger partial charge in [-0.05, 0) is 68.2 Å². The van der Waals surface area contributed by atoms with Crippen LogP contribution in [-0.4, -0.2) is 72.6 Å². The molecule has 206 valence electrons. The van der Waals surface area contributed by atoms with Crippen molar-refractivity contribution in [3.05, 3.63) is 58.5 Å². The van der Waals surface area contributed by atoms with Gasteiger partial charge in [-0.1, -0.05) is 18.2 Å². The summed E-state index contributed by atoms with van der Waals surface area (Å²) in [7, 11) is 0. The summed E-state index contributed by atoms with van der Waals surface area (Å²) in [6, 6.07) is 8.00. The Morgan fingerprint density at radius 2 is 2.13 bits per heavy atom. The Balaban J connectivity index is 1.11. The second-order valence-electron chi connectivity index (χ2n) is 10.4. The van der Waals surface area contributed by atoms with E-state index < -0.39 is 17.8 Å². The Hall–Kier alpha value is -2.59. The number of benzene rings is 1. The molecule has 2 saturated heterocycles. The Morgan fingerprint density at radius 3 is 2.97 bits per heavy atom. The molecule has 0 aliphatic carbocycles. The van der Waals surface area contributed by atoms with E-state index in [0.717, 1.165) is 63.0 Å². The number of carbonyl (C=O) groups is 1. The highest BCUT2D eigenvalue weighted by Crippen LogP contribution is 2.31. The number of likely N-dealkylation sites (tertiary alicyclic amines) is 1. The van der Waals surface area contributed by atoms with Gasteiger partial charge in [0.05, 0.1) is 25.4 Å². The third-order valence-electron chi connectivity index (χ3n) is 7.71. The number of unbranched alkanes of at least 4 members (excludes halogenated alkanes) is 1. The molecule has 2 aromatic rings. The van der Waals surface area contributed by atoms with Gasteiger partial charge in [0, 0.05) is 44.1 Å². The van der Waals surface area contributed by atoms with Gasteiger partial charge in [0.1, 0.15) is 17.7 Å². The van der Waals surface area contributed by atoms with Crippen molar-refractivity contribution in [2.75, 3.05) is 44.8 Å². The topological polar surface area (TPSA) is 93.2 Å². The molecule has 1 unspecified atom stereocenters. The van der Waals surface area contributed by atoms with Crippen molar-refractivity contribution >= 4 is 11.8 Å². The van der Waals surface area contributed by atoms with E-state index in [2.05, 4.69) is 17.4 Å². The molecular weight excluding hydrogens is 489 g/mol. The lowest BCUT2D eigenvalue weighted by Gasteiger charge is -2.27. The second kappa shape index (κ2) is 13.0. The molecule has 0 saturated carbocycles. The standard InChI is InChI=1S/C29H38FN3O5/c30-26-8-3-7-24(25(26)19-38-23-12-16-36-18-23)27(29(34)35)33-14-11-22(17-33)37-15-2-1-6-21-10-9-20-5-4-13-31-28(20)32-21/h3,7-10,22-23,27H,1-2,4-6,11-19H2,(H,31,32)(H,34,35)/t22-,23-,27?/m1/s1. The number of nitrogens with zero attached hydrogens (tertiary/aromatic N) is 2. The number of ether oxygens (including phenoxy) is 3. The Morgan fingerprint density at radius 1 is 1.21 bits per heavy atom. The maximum absolute atomic E-state index is 14.8. The van der Waals surface area contributed by atoms with Crippen molar-refractivity contribution in [3.63, 3.8) is 0 Å². The average Bonchev–Trinajstić information content (AvgIpc) is 3.61. The van der Waals surface area contributed by atoms with E-state index in [1.54, 1.807) is 12.1 Å². The number of aliphatic carboxylic acids is 1. The van der Waals surface area contributed by atoms with Crippen LogP contribution < -0.4 is 5.32 Å². The summed E-state index contributed by atoms with van der Waals surface area (Å²) < 4.78 is 32.1. The summed E-state index contributed by atoms with van der Waals surface area (Å²) in [4.78, 5) is 19.0. The molecule has 2 N–H and O–H groups in total. The summed E-state index contributed by atoms with van der Waals surface area (Å²) in [6.45, 7) is 3.85. The van der Waals surface area contributed by atoms with Gasteiger partial charge in [-0.2, -0.15) is 0 Å². The van der Waals surface area contributed by atoms with Crippen LogP contribution in [0.2, 0.25) is 0 Å². The minimum absolute atomic E-state index is 0.0305. The van der Waals surface area contributed by atoms with Crippen molar-refractivity contribution in [2.45, 2.75) is 69.8 Å². The largest absolute Gasteiger partial charge is 0.480 e. The van der Waals surface area contributed by atoms with Crippen LogP contribution in [0.4, 0.5) is 10.2 Å². The van der Waals surface area contributed by atoms with Crippen molar-refractivity contribution in [1.82, 2.24) is 9.88 Å². The molecule has 8 nitrogen and oxygen atoms in total. The van der Waals surface area contributed by atoms with E-state index in [4.69, 9.17) is 19.2 Å². The van der Waals surface area contributed by atoms with Gasteiger partial charge in [-0.25, -0.2) is 9.37 Å². The SMILES string of the molecule is O=C(O)C(c1cccc(F)c1CO[C@@H]1CCOC1)N1CC[C@@H](OCCCCc2ccc3c(n2)NCCC3)C1. The van der Waals surface area contributed by atoms with Crippen molar-refractivity contribution < 1.29 is 28.5 Å². The molecule has 0 amide bonds. The van der Waals surface area contributed by atoms with Crippen LogP contribution in [0.3, 0.4) is 0 Å². The van der Waals surface area contributed by atoms with E-state index in [1.807, 2.05) is 4.90 Å². The Bertz CT molecular complexity index is 1090. The highest BCUT2D eigenvalue weighted by atomic mass is 19.1. The number of aromatic nitrogens is 1. The van der Waals surface area contributed by atoms with E-state index in [0.29, 0.717) is 44.0 Å². The van der Waals surface area contributed by atoms with Crippen molar-refractivity contribution in [3.8, 4) is 0 Å². The van der Waals surface area contributed by atoms with Gasteiger partial charge in [-0.15, -0.1) is 0 Å². The third kappa shape index (κ3) is 6.69. The van der Waals surface area contributed by atoms with E-state index in [1.165, 1.54) is 11.6 Å². The monoisotopic (exact) mass is 527 g/mol. The van der Waals surface area contributed by atoms with E-state index in [-0.39, 0.29) is 18.8 Å². The minimum Gasteiger partial charge on any atom is -0.480 e. The van der Waals surface area contributed by atoms with Gasteiger partial charge >= 0.3 is 5.97 Å². The number of nitrogens with one attached hydrogen (secondary N) is 1. The number of carboxylic acid groups (broad SMARTS) is 1. The first kappa shape index (κ1) is 27.0. The maximum Gasteiger partial charge on any atom is 0.325 e. The van der Waals surface area contributed by atoms with Crippen molar-refractivity contribution in [2.24, 2.45) is 0 Å². The minimum atomic E-state index is -0.992. The first-order chi connectivity index (χ1) is 18.6. The number of fused-ring (bicyclic) bond motifs is 1. The lowest BCUT2D eigenvalue weighted by Crippen LogP contribution is -2.34. The third-order valence-corrected chi connectivity index (χ3v) is 7.71. The fourth-order valence-corrected chi connectivity index (χ4v) is 5.61. The molecule has 3 atom stereocenters. The highest BCUT2D eigenvalue weighted by molar-refractivity contribution is 5.76. The lowest BCUT2D eigenvalue weighted by atomic mass is 9.99. The molecule has 5 rings (SSSR count). The smallest absolute Gasteiger partial charge is 0.325 e. The zero-order chi connectivity index (χ0) is 26.3. The van der Waals surface area contributed by atoms with Gasteiger partial charge in [0.15, 0.2) is 0 Å². The summed E-state index contributed by atoms with van der Waals surface area (Å²) in [6.07, 6.45) is 6.45. The van der Waals surface area contributed by atoms with E-state index >= 15 is 0 Å². The van der Waals surface area contributed by atoms with Crippen LogP contribution in [0.15, 0.2) is 30.3 Å². The van der Waals surface area contributed by atoms with Gasteiger partial charge < -0.3 is 24.6 Å². The molecule has 1 aromatic carbocycles. The predicted molar refractivity (Wildman–Crippen MR) is 141 cm³/mol. The van der Waals surface area contributed by atoms with Crippen LogP contribution in [0.25, 0.3) is 0 Å². The quantitative estimate of drug-likeness (QED) is 0.398. The molecule has 1 aromatic heterocycles. The molecule has 4 heterocycles. The number of hydrogen-bond donors (Lipinski definition) is 2. The molecule has 0 spiro atoms. The summed E-state index contributed by atoms with van der Waals surface area (Å²) in [5.74, 6) is -0.401. The van der Waals surface area contributed by atoms with Crippen LogP contribution in [-0.2, 0) is 38.5 Å². The number of aryl methyl sites for hydroxylation is 2. The summed E-state index contributed by atoms with van der Waals surface area (Å²) in [5, 5.41) is 13.5. The van der Waals surface area contributed by atoms with Gasteiger partial charge in [0.2, 0.25) is 0 Å². The van der Waals surface area contributed by atoms with Crippen LogP contribution in [0.5, 0.6) is 0 Å². The second-order valence-corrected chi connectivity index (χ2v) is 10.4. The van der Waals surface area contributed by atoms with Crippen LogP contribution in [0, 0.1) is 5.82 Å². The summed E-state index contributed by atoms with van der Waals surface area (Å²) in [5.41, 5.74) is 3.16. The first-order valence-electron chi connectivity index (χ1n) is 13.9. The number of anilines is 1. The molecule has 3 aliphatic rings. The number of carboxylic acids is 1. The normalized spacial score (nSPS) is 22.2. The van der Waals surface area contributed by atoms with Crippen LogP contribution in [0.1, 0.15) is 60.5 Å². The molecule has 0 bridgehead atoms. The fraction of sp³-hybridized carbons (Fsp3) is 0.586. The zero-order valence-electron chi connectivity index (χ0n) is 21.9. The average molecular weight is 528 g/mol. The predicted octanol–water partition coefficient (Wildman–Crippen LogP) is 4.12. The lowest BCUT2D eigenvalue weighted by molar-refractivity contribution is -0.143. The van der Waals surface area contributed by atoms with Crippen molar-refractivity contribution in [1.29, 1.82) is 0 Å². The van der Waals surface area contributed by atoms with Gasteiger partial charge in [-0.3, -0.25) is 9.69 Å². The molecule has 2 fully saturated rings. The molecule has 38 heavy (non-hydrogen) atoms. The van der Waals surface area contributed by atoms with Gasteiger partial charge in [0.25, 0.3) is 0 Å². The zero-order valence-corrected chi connectivity index (χ0v) is 21.9. The molecular formula is C29H38FN3O5. The number of pyridine rings is 1. The highest BCUT2D eigenvalue weighted by Gasteiger charge is 2.36. The Labute approximate surface area is 223 Å².